The van der Waals surface area contributed by atoms with Gasteiger partial charge in [-0.15, -0.1) is 0 Å². The van der Waals surface area contributed by atoms with Crippen molar-refractivity contribution in [3.8, 4) is 5.75 Å². The molecule has 0 atom stereocenters. The van der Waals surface area contributed by atoms with Gasteiger partial charge in [0.2, 0.25) is 0 Å². The summed E-state index contributed by atoms with van der Waals surface area (Å²) in [4.78, 5) is 2.55. The van der Waals surface area contributed by atoms with E-state index in [9.17, 15) is 0 Å². The first kappa shape index (κ1) is 14.4. The molecule has 0 saturated carbocycles. The molecule has 0 bridgehead atoms. The van der Waals surface area contributed by atoms with Gasteiger partial charge in [0.05, 0.1) is 0 Å². The van der Waals surface area contributed by atoms with Gasteiger partial charge < -0.3 is 10.1 Å². The molecule has 2 rings (SSSR count). The van der Waals surface area contributed by atoms with E-state index in [1.165, 1.54) is 18.4 Å². The number of para-hydroxylation sites is 1. The normalized spacial score (nSPS) is 16.8. The molecule has 1 aromatic rings. The van der Waals surface area contributed by atoms with Crippen molar-refractivity contribution in [2.45, 2.75) is 32.7 Å². The van der Waals surface area contributed by atoms with E-state index in [2.05, 4.69) is 42.3 Å². The summed E-state index contributed by atoms with van der Waals surface area (Å²) in [5.74, 6) is 1.02. The van der Waals surface area contributed by atoms with Gasteiger partial charge >= 0.3 is 0 Å². The number of benzene rings is 1. The van der Waals surface area contributed by atoms with E-state index < -0.39 is 0 Å². The average molecular weight is 262 g/mol. The van der Waals surface area contributed by atoms with Crippen LogP contribution in [0.25, 0.3) is 0 Å². The first-order valence-electron chi connectivity index (χ1n) is 7.44. The van der Waals surface area contributed by atoms with Gasteiger partial charge in [0.1, 0.15) is 12.4 Å². The van der Waals surface area contributed by atoms with Crippen LogP contribution in [0.4, 0.5) is 0 Å². The summed E-state index contributed by atoms with van der Waals surface area (Å²) in [6.45, 7) is 9.56. The van der Waals surface area contributed by atoms with Crippen molar-refractivity contribution >= 4 is 0 Å². The zero-order valence-corrected chi connectivity index (χ0v) is 12.2. The Labute approximate surface area is 116 Å². The zero-order chi connectivity index (χ0) is 13.5. The highest BCUT2D eigenvalue weighted by atomic mass is 16.5. The molecule has 0 spiro atoms. The molecular formula is C16H26N2O. The van der Waals surface area contributed by atoms with Gasteiger partial charge in [-0.25, -0.2) is 0 Å². The highest BCUT2D eigenvalue weighted by Gasteiger charge is 2.19. The average Bonchev–Trinajstić information content (AvgIpc) is 2.46. The molecule has 0 aliphatic carbocycles. The van der Waals surface area contributed by atoms with Crippen LogP contribution in [0, 0.1) is 6.92 Å². The van der Waals surface area contributed by atoms with Crippen LogP contribution in [-0.4, -0.2) is 43.7 Å². The van der Waals surface area contributed by atoms with Crippen molar-refractivity contribution in [2.75, 3.05) is 32.8 Å². The Morgan fingerprint density at radius 3 is 2.68 bits per heavy atom. The molecule has 1 heterocycles. The number of rotatable bonds is 6. The fraction of sp³-hybridized carbons (Fsp3) is 0.625. The molecule has 1 aliphatic heterocycles. The van der Waals surface area contributed by atoms with Crippen molar-refractivity contribution in [1.29, 1.82) is 0 Å². The molecule has 0 radical (unpaired) electrons. The summed E-state index contributed by atoms with van der Waals surface area (Å²) in [7, 11) is 0. The molecule has 1 aliphatic rings. The summed E-state index contributed by atoms with van der Waals surface area (Å²) in [5, 5.41) is 3.43. The van der Waals surface area contributed by atoms with Crippen molar-refractivity contribution in [2.24, 2.45) is 0 Å². The molecule has 106 valence electrons. The monoisotopic (exact) mass is 262 g/mol. The quantitative estimate of drug-likeness (QED) is 0.852. The second kappa shape index (κ2) is 7.51. The molecule has 1 aromatic carbocycles. The minimum atomic E-state index is 0.728. The number of hydrogen-bond donors (Lipinski definition) is 1. The fourth-order valence-corrected chi connectivity index (χ4v) is 2.76. The SMILES string of the molecule is CCN(CCOc1ccccc1C)C1CCNCC1. The van der Waals surface area contributed by atoms with Gasteiger partial charge in [0, 0.05) is 12.6 Å². The number of nitrogens with zero attached hydrogens (tertiary/aromatic N) is 1. The van der Waals surface area contributed by atoms with Gasteiger partial charge in [-0.05, 0) is 51.0 Å². The molecule has 0 aromatic heterocycles. The van der Waals surface area contributed by atoms with Crippen LogP contribution >= 0.6 is 0 Å². The lowest BCUT2D eigenvalue weighted by Gasteiger charge is -2.33. The van der Waals surface area contributed by atoms with E-state index in [0.717, 1.165) is 44.6 Å². The van der Waals surface area contributed by atoms with E-state index in [4.69, 9.17) is 4.74 Å². The molecule has 0 amide bonds. The van der Waals surface area contributed by atoms with E-state index in [1.807, 2.05) is 6.07 Å². The van der Waals surface area contributed by atoms with Gasteiger partial charge in [-0.3, -0.25) is 4.90 Å². The molecule has 1 fully saturated rings. The lowest BCUT2D eigenvalue weighted by molar-refractivity contribution is 0.141. The summed E-state index contributed by atoms with van der Waals surface area (Å²) in [6.07, 6.45) is 2.52. The second-order valence-corrected chi connectivity index (χ2v) is 5.22. The summed E-state index contributed by atoms with van der Waals surface area (Å²) >= 11 is 0. The van der Waals surface area contributed by atoms with Crippen LogP contribution < -0.4 is 10.1 Å². The van der Waals surface area contributed by atoms with Crippen LogP contribution in [0.5, 0.6) is 5.75 Å². The maximum Gasteiger partial charge on any atom is 0.122 e. The van der Waals surface area contributed by atoms with Crippen molar-refractivity contribution in [3.05, 3.63) is 29.8 Å². The topological polar surface area (TPSA) is 24.5 Å². The highest BCUT2D eigenvalue weighted by Crippen LogP contribution is 2.16. The Morgan fingerprint density at radius 2 is 2.00 bits per heavy atom. The summed E-state index contributed by atoms with van der Waals surface area (Å²) in [5.41, 5.74) is 1.22. The van der Waals surface area contributed by atoms with Crippen molar-refractivity contribution in [3.63, 3.8) is 0 Å². The predicted molar refractivity (Wildman–Crippen MR) is 79.8 cm³/mol. The van der Waals surface area contributed by atoms with Gasteiger partial charge in [0.15, 0.2) is 0 Å². The first-order valence-corrected chi connectivity index (χ1v) is 7.44. The smallest absolute Gasteiger partial charge is 0.122 e. The Bertz CT molecular complexity index is 375. The molecule has 1 N–H and O–H groups in total. The standard InChI is InChI=1S/C16H26N2O/c1-3-18(15-8-10-17-11-9-15)12-13-19-16-7-5-4-6-14(16)2/h4-7,15,17H,3,8-13H2,1-2H3. The van der Waals surface area contributed by atoms with Gasteiger partial charge in [-0.1, -0.05) is 25.1 Å². The minimum Gasteiger partial charge on any atom is -0.492 e. The van der Waals surface area contributed by atoms with Crippen LogP contribution in [0.15, 0.2) is 24.3 Å². The van der Waals surface area contributed by atoms with E-state index in [1.54, 1.807) is 0 Å². The number of hydrogen-bond acceptors (Lipinski definition) is 3. The maximum atomic E-state index is 5.90. The van der Waals surface area contributed by atoms with Gasteiger partial charge in [-0.2, -0.15) is 0 Å². The van der Waals surface area contributed by atoms with Crippen LogP contribution in [-0.2, 0) is 0 Å². The number of ether oxygens (including phenoxy) is 1. The first-order chi connectivity index (χ1) is 9.31. The van der Waals surface area contributed by atoms with E-state index in [0.29, 0.717) is 0 Å². The fourth-order valence-electron chi connectivity index (χ4n) is 2.76. The molecule has 19 heavy (non-hydrogen) atoms. The van der Waals surface area contributed by atoms with Crippen molar-refractivity contribution in [1.82, 2.24) is 10.2 Å². The predicted octanol–water partition coefficient (Wildman–Crippen LogP) is 2.45. The number of likely N-dealkylation sites (N-methyl/N-ethyl adjacent to an activating group) is 1. The lowest BCUT2D eigenvalue weighted by Crippen LogP contribution is -2.44. The Balaban J connectivity index is 1.78. The number of nitrogens with one attached hydrogen (secondary N) is 1. The van der Waals surface area contributed by atoms with E-state index in [-0.39, 0.29) is 0 Å². The minimum absolute atomic E-state index is 0.728. The molecule has 0 unspecified atom stereocenters. The highest BCUT2D eigenvalue weighted by molar-refractivity contribution is 5.31. The zero-order valence-electron chi connectivity index (χ0n) is 12.2. The van der Waals surface area contributed by atoms with Crippen LogP contribution in [0.1, 0.15) is 25.3 Å². The van der Waals surface area contributed by atoms with Crippen LogP contribution in [0.3, 0.4) is 0 Å². The molecule has 1 saturated heterocycles. The third-order valence-corrected chi connectivity index (χ3v) is 3.96. The van der Waals surface area contributed by atoms with Crippen molar-refractivity contribution < 1.29 is 4.74 Å². The number of aryl methyl sites for hydroxylation is 1. The molecule has 3 heteroatoms. The Hall–Kier alpha value is -1.06. The van der Waals surface area contributed by atoms with Gasteiger partial charge in [0.25, 0.3) is 0 Å². The Kier molecular flexibility index (Phi) is 5.67. The van der Waals surface area contributed by atoms with Crippen LogP contribution in [0.2, 0.25) is 0 Å². The largest absolute Gasteiger partial charge is 0.492 e. The lowest BCUT2D eigenvalue weighted by atomic mass is 10.1. The third kappa shape index (κ3) is 4.22. The Morgan fingerprint density at radius 1 is 1.26 bits per heavy atom. The summed E-state index contributed by atoms with van der Waals surface area (Å²) < 4.78 is 5.90. The summed E-state index contributed by atoms with van der Waals surface area (Å²) in [6, 6.07) is 8.96. The molecular weight excluding hydrogens is 236 g/mol. The molecule has 3 nitrogen and oxygen atoms in total. The third-order valence-electron chi connectivity index (χ3n) is 3.96. The number of piperidine rings is 1. The maximum absolute atomic E-state index is 5.90. The second-order valence-electron chi connectivity index (χ2n) is 5.22. The van der Waals surface area contributed by atoms with E-state index >= 15 is 0 Å².